The minimum atomic E-state index is -0.759. The van der Waals surface area contributed by atoms with Gasteiger partial charge in [0.1, 0.15) is 17.7 Å². The molecule has 1 unspecified atom stereocenters. The fourth-order valence-electron chi connectivity index (χ4n) is 4.74. The van der Waals surface area contributed by atoms with Gasteiger partial charge in [-0.15, -0.1) is 0 Å². The number of carbonyl (C=O) groups excluding carboxylic acids is 4. The van der Waals surface area contributed by atoms with Crippen LogP contribution in [0.5, 0.6) is 0 Å². The van der Waals surface area contributed by atoms with Crippen LogP contribution in [0, 0.1) is 11.6 Å². The number of nitrogens with one attached hydrogen (secondary N) is 1. The number of fused-ring (bicyclic) bond motifs is 1. The normalized spacial score (nSPS) is 20.5. The third-order valence-electron chi connectivity index (χ3n) is 6.59. The summed E-state index contributed by atoms with van der Waals surface area (Å²) < 4.78 is 28.1. The highest BCUT2D eigenvalue weighted by Gasteiger charge is 2.40. The van der Waals surface area contributed by atoms with Crippen LogP contribution < -0.4 is 10.2 Å². The second kappa shape index (κ2) is 8.51. The van der Waals surface area contributed by atoms with E-state index in [0.717, 1.165) is 0 Å². The molecule has 0 radical (unpaired) electrons. The van der Waals surface area contributed by atoms with Gasteiger partial charge in [-0.25, -0.2) is 8.78 Å². The van der Waals surface area contributed by atoms with Gasteiger partial charge in [0.25, 0.3) is 11.8 Å². The molecule has 3 aliphatic heterocycles. The van der Waals surface area contributed by atoms with Crippen molar-refractivity contribution in [3.8, 4) is 0 Å². The summed E-state index contributed by atoms with van der Waals surface area (Å²) in [6, 6.07) is 7.43. The van der Waals surface area contributed by atoms with Crippen molar-refractivity contribution in [1.29, 1.82) is 0 Å². The van der Waals surface area contributed by atoms with Crippen LogP contribution in [-0.2, 0) is 16.1 Å². The number of amides is 4. The van der Waals surface area contributed by atoms with Crippen molar-refractivity contribution in [3.63, 3.8) is 0 Å². The summed E-state index contributed by atoms with van der Waals surface area (Å²) in [7, 11) is 0. The van der Waals surface area contributed by atoms with E-state index in [1.54, 1.807) is 11.0 Å². The maximum Gasteiger partial charge on any atom is 0.255 e. The molecule has 0 aliphatic carbocycles. The average molecular weight is 468 g/mol. The summed E-state index contributed by atoms with van der Waals surface area (Å²) in [6.45, 7) is 1.69. The van der Waals surface area contributed by atoms with E-state index in [1.165, 1.54) is 35.2 Å². The lowest BCUT2D eigenvalue weighted by atomic mass is 10.0. The third kappa shape index (κ3) is 3.89. The molecule has 2 aromatic carbocycles. The second-order valence-corrected chi connectivity index (χ2v) is 8.65. The van der Waals surface area contributed by atoms with Gasteiger partial charge in [-0.05, 0) is 48.4 Å². The molecule has 3 heterocycles. The van der Waals surface area contributed by atoms with Crippen molar-refractivity contribution in [2.24, 2.45) is 0 Å². The van der Waals surface area contributed by atoms with Crippen LogP contribution in [0.1, 0.15) is 39.1 Å². The van der Waals surface area contributed by atoms with Gasteiger partial charge in [-0.2, -0.15) is 0 Å². The monoisotopic (exact) mass is 468 g/mol. The van der Waals surface area contributed by atoms with E-state index in [-0.39, 0.29) is 36.8 Å². The molecule has 10 heteroatoms. The Morgan fingerprint density at radius 1 is 0.971 bits per heavy atom. The molecule has 2 aromatic rings. The van der Waals surface area contributed by atoms with Crippen LogP contribution in [0.4, 0.5) is 14.5 Å². The standard InChI is InChI=1S/C24H22F2N4O4/c25-16-3-1-14(2-4-16)23(33)29-9-7-28(8-10-29)20-11-15-13-30(24(34)17(15)12-18(20)26)19-5-6-21(31)27-22(19)32/h1-4,11-12,19H,5-10,13H2,(H,27,31,32). The predicted octanol–water partition coefficient (Wildman–Crippen LogP) is 1.69. The average Bonchev–Trinajstić information content (AvgIpc) is 3.14. The molecule has 0 saturated carbocycles. The number of anilines is 1. The molecule has 34 heavy (non-hydrogen) atoms. The lowest BCUT2D eigenvalue weighted by molar-refractivity contribution is -0.136. The summed E-state index contributed by atoms with van der Waals surface area (Å²) in [5.41, 5.74) is 1.57. The van der Waals surface area contributed by atoms with E-state index >= 15 is 4.39 Å². The van der Waals surface area contributed by atoms with Crippen LogP contribution in [0.25, 0.3) is 0 Å². The van der Waals surface area contributed by atoms with Gasteiger partial charge < -0.3 is 14.7 Å². The first-order valence-corrected chi connectivity index (χ1v) is 11.1. The van der Waals surface area contributed by atoms with E-state index in [2.05, 4.69) is 5.32 Å². The third-order valence-corrected chi connectivity index (χ3v) is 6.59. The van der Waals surface area contributed by atoms with Crippen LogP contribution in [0.2, 0.25) is 0 Å². The van der Waals surface area contributed by atoms with Gasteiger partial charge in [0.15, 0.2) is 0 Å². The Morgan fingerprint density at radius 3 is 2.35 bits per heavy atom. The van der Waals surface area contributed by atoms with Crippen molar-refractivity contribution < 1.29 is 28.0 Å². The number of nitrogens with zero attached hydrogens (tertiary/aromatic N) is 3. The summed E-state index contributed by atoms with van der Waals surface area (Å²) in [5.74, 6) is -2.47. The molecule has 1 atom stereocenters. The maximum atomic E-state index is 15.0. The van der Waals surface area contributed by atoms with E-state index in [4.69, 9.17) is 0 Å². The first-order valence-electron chi connectivity index (χ1n) is 11.1. The molecule has 5 rings (SSSR count). The Kier molecular flexibility index (Phi) is 5.51. The number of piperazine rings is 1. The lowest BCUT2D eigenvalue weighted by Gasteiger charge is -2.36. The zero-order chi connectivity index (χ0) is 24.0. The van der Waals surface area contributed by atoms with E-state index in [0.29, 0.717) is 43.0 Å². The molecule has 4 amide bonds. The van der Waals surface area contributed by atoms with Gasteiger partial charge >= 0.3 is 0 Å². The van der Waals surface area contributed by atoms with E-state index in [9.17, 15) is 23.6 Å². The Labute approximate surface area is 194 Å². The molecule has 1 N–H and O–H groups in total. The van der Waals surface area contributed by atoms with Crippen LogP contribution >= 0.6 is 0 Å². The van der Waals surface area contributed by atoms with Crippen molar-refractivity contribution >= 4 is 29.3 Å². The highest BCUT2D eigenvalue weighted by atomic mass is 19.1. The Balaban J connectivity index is 1.28. The topological polar surface area (TPSA) is 90.0 Å². The Hall–Kier alpha value is -3.82. The van der Waals surface area contributed by atoms with Crippen molar-refractivity contribution in [3.05, 3.63) is 64.7 Å². The van der Waals surface area contributed by atoms with Crippen molar-refractivity contribution in [2.45, 2.75) is 25.4 Å². The summed E-state index contributed by atoms with van der Waals surface area (Å²) in [4.78, 5) is 54.0. The van der Waals surface area contributed by atoms with Gasteiger partial charge in [-0.1, -0.05) is 0 Å². The number of benzene rings is 2. The van der Waals surface area contributed by atoms with E-state index in [1.807, 2.05) is 4.90 Å². The summed E-state index contributed by atoms with van der Waals surface area (Å²) in [5, 5.41) is 2.25. The number of halogens is 2. The number of piperidine rings is 1. The smallest absolute Gasteiger partial charge is 0.255 e. The molecule has 8 nitrogen and oxygen atoms in total. The summed E-state index contributed by atoms with van der Waals surface area (Å²) in [6.07, 6.45) is 0.390. The lowest BCUT2D eigenvalue weighted by Crippen LogP contribution is -2.52. The first-order chi connectivity index (χ1) is 16.3. The van der Waals surface area contributed by atoms with Crippen LogP contribution in [-0.4, -0.2) is 65.6 Å². The molecular formula is C24H22F2N4O4. The van der Waals surface area contributed by atoms with Crippen LogP contribution in [0.15, 0.2) is 36.4 Å². The van der Waals surface area contributed by atoms with Crippen LogP contribution in [0.3, 0.4) is 0 Å². The van der Waals surface area contributed by atoms with Gasteiger partial charge in [0.05, 0.1) is 5.69 Å². The highest BCUT2D eigenvalue weighted by Crippen LogP contribution is 2.33. The van der Waals surface area contributed by atoms with Crippen molar-refractivity contribution in [2.75, 3.05) is 31.1 Å². The molecule has 176 valence electrons. The predicted molar refractivity (Wildman–Crippen MR) is 117 cm³/mol. The molecular weight excluding hydrogens is 446 g/mol. The molecule has 2 saturated heterocycles. The molecule has 0 bridgehead atoms. The van der Waals surface area contributed by atoms with Gasteiger partial charge in [0, 0.05) is 50.3 Å². The van der Waals surface area contributed by atoms with Crippen molar-refractivity contribution in [1.82, 2.24) is 15.1 Å². The Morgan fingerprint density at radius 2 is 1.68 bits per heavy atom. The number of hydrogen-bond donors (Lipinski definition) is 1. The SMILES string of the molecule is O=C1CCC(N2Cc3cc(N4CCN(C(=O)c5ccc(F)cc5)CC4)c(F)cc3C2=O)C(=O)N1. The van der Waals surface area contributed by atoms with Gasteiger partial charge in [-0.3, -0.25) is 24.5 Å². The Bertz CT molecular complexity index is 1190. The first kappa shape index (κ1) is 22.0. The quantitative estimate of drug-likeness (QED) is 0.693. The van der Waals surface area contributed by atoms with Gasteiger partial charge in [0.2, 0.25) is 11.8 Å². The number of rotatable bonds is 3. The summed E-state index contributed by atoms with van der Waals surface area (Å²) >= 11 is 0. The fourth-order valence-corrected chi connectivity index (χ4v) is 4.74. The zero-order valence-electron chi connectivity index (χ0n) is 18.2. The minimum absolute atomic E-state index is 0.150. The molecule has 2 fully saturated rings. The largest absolute Gasteiger partial charge is 0.366 e. The minimum Gasteiger partial charge on any atom is -0.366 e. The maximum absolute atomic E-state index is 15.0. The molecule has 0 spiro atoms. The fraction of sp³-hybridized carbons (Fsp3) is 0.333. The zero-order valence-corrected chi connectivity index (χ0v) is 18.2. The number of hydrogen-bond acceptors (Lipinski definition) is 5. The number of carbonyl (C=O) groups is 4. The molecule has 0 aromatic heterocycles. The molecule has 3 aliphatic rings. The van der Waals surface area contributed by atoms with E-state index < -0.39 is 29.5 Å². The number of imide groups is 1. The second-order valence-electron chi connectivity index (χ2n) is 8.65. The highest BCUT2D eigenvalue weighted by molar-refractivity contribution is 6.05.